The summed E-state index contributed by atoms with van der Waals surface area (Å²) in [5.74, 6) is 1.11. The molecule has 104 valence electrons. The predicted octanol–water partition coefficient (Wildman–Crippen LogP) is 5.83. The van der Waals surface area contributed by atoms with Crippen LogP contribution in [0.15, 0.2) is 36.5 Å². The number of allylic oxidation sites excluding steroid dienone is 4. The quantitative estimate of drug-likeness (QED) is 0.319. The zero-order valence-electron chi connectivity index (χ0n) is 12.7. The van der Waals surface area contributed by atoms with Gasteiger partial charge in [0.25, 0.3) is 0 Å². The van der Waals surface area contributed by atoms with Crippen LogP contribution >= 0.6 is 12.6 Å². The lowest BCUT2D eigenvalue weighted by atomic mass is 9.83. The second-order valence-electron chi connectivity index (χ2n) is 5.12. The van der Waals surface area contributed by atoms with Gasteiger partial charge in [0.1, 0.15) is 0 Å². The summed E-state index contributed by atoms with van der Waals surface area (Å²) in [7, 11) is 0. The Labute approximate surface area is 120 Å². The van der Waals surface area contributed by atoms with Crippen molar-refractivity contribution in [1.29, 1.82) is 0 Å². The first kappa shape index (κ1) is 17.6. The maximum atomic E-state index is 4.75. The van der Waals surface area contributed by atoms with Crippen LogP contribution < -0.4 is 0 Å². The van der Waals surface area contributed by atoms with Gasteiger partial charge in [-0.25, -0.2) is 0 Å². The van der Waals surface area contributed by atoms with E-state index in [1.54, 1.807) is 0 Å². The number of rotatable bonds is 8. The zero-order valence-corrected chi connectivity index (χ0v) is 13.6. The standard InChI is InChI=1S/C17H30S/c1-7-14(8-2)12-13-15(9-3)16(10-4)17(6,18)11-5/h9,11-14,16,18H,5,7-8,10H2,1-4,6H3/b13-12-,15-9+. The van der Waals surface area contributed by atoms with Crippen LogP contribution in [0.3, 0.4) is 0 Å². The highest BCUT2D eigenvalue weighted by Gasteiger charge is 2.27. The van der Waals surface area contributed by atoms with Gasteiger partial charge in [-0.2, -0.15) is 12.6 Å². The minimum absolute atomic E-state index is 0.144. The molecule has 1 heteroatoms. The van der Waals surface area contributed by atoms with Crippen molar-refractivity contribution >= 4 is 12.6 Å². The largest absolute Gasteiger partial charge is 0.168 e. The molecule has 0 aliphatic carbocycles. The fraction of sp³-hybridized carbons (Fsp3) is 0.647. The van der Waals surface area contributed by atoms with Gasteiger partial charge in [0, 0.05) is 10.7 Å². The molecule has 0 heterocycles. The minimum atomic E-state index is -0.144. The molecule has 0 amide bonds. The van der Waals surface area contributed by atoms with Gasteiger partial charge in [-0.05, 0) is 44.6 Å². The normalized spacial score (nSPS) is 18.1. The summed E-state index contributed by atoms with van der Waals surface area (Å²) >= 11 is 4.75. The molecule has 0 radical (unpaired) electrons. The van der Waals surface area contributed by atoms with E-state index in [-0.39, 0.29) is 4.75 Å². The average Bonchev–Trinajstić information content (AvgIpc) is 2.38. The molecular formula is C17H30S. The number of thiol groups is 1. The topological polar surface area (TPSA) is 0 Å². The van der Waals surface area contributed by atoms with Crippen LogP contribution in [0, 0.1) is 11.8 Å². The molecule has 0 fully saturated rings. The average molecular weight is 266 g/mol. The third kappa shape index (κ3) is 5.06. The summed E-state index contributed by atoms with van der Waals surface area (Å²) in [5.41, 5.74) is 1.38. The fourth-order valence-electron chi connectivity index (χ4n) is 2.35. The van der Waals surface area contributed by atoms with Crippen molar-refractivity contribution in [3.8, 4) is 0 Å². The van der Waals surface area contributed by atoms with Crippen molar-refractivity contribution in [2.45, 2.75) is 58.6 Å². The molecule has 0 N–H and O–H groups in total. The van der Waals surface area contributed by atoms with E-state index in [4.69, 9.17) is 12.6 Å². The van der Waals surface area contributed by atoms with Crippen LogP contribution in [-0.2, 0) is 0 Å². The summed E-state index contributed by atoms with van der Waals surface area (Å²) in [6, 6.07) is 0. The monoisotopic (exact) mass is 266 g/mol. The van der Waals surface area contributed by atoms with Crippen molar-refractivity contribution in [2.24, 2.45) is 11.8 Å². The minimum Gasteiger partial charge on any atom is -0.168 e. The van der Waals surface area contributed by atoms with E-state index in [1.807, 2.05) is 6.08 Å². The SMILES string of the molecule is C=CC(C)(S)C(CC)C(/C=C\C(CC)CC)=C/C. The summed E-state index contributed by atoms with van der Waals surface area (Å²) in [6.07, 6.45) is 12.3. The van der Waals surface area contributed by atoms with E-state index in [0.29, 0.717) is 11.8 Å². The van der Waals surface area contributed by atoms with Crippen LogP contribution in [0.2, 0.25) is 0 Å². The Morgan fingerprint density at radius 2 is 1.78 bits per heavy atom. The molecule has 0 spiro atoms. The van der Waals surface area contributed by atoms with Gasteiger partial charge < -0.3 is 0 Å². The highest BCUT2D eigenvalue weighted by Crippen LogP contribution is 2.35. The van der Waals surface area contributed by atoms with Crippen LogP contribution in [0.5, 0.6) is 0 Å². The van der Waals surface area contributed by atoms with Gasteiger partial charge in [0.15, 0.2) is 0 Å². The van der Waals surface area contributed by atoms with Crippen molar-refractivity contribution in [2.75, 3.05) is 0 Å². The van der Waals surface area contributed by atoms with E-state index in [0.717, 1.165) is 6.42 Å². The number of hydrogen-bond acceptors (Lipinski definition) is 1. The summed E-state index contributed by atoms with van der Waals surface area (Å²) in [6.45, 7) is 14.9. The van der Waals surface area contributed by atoms with E-state index >= 15 is 0 Å². The molecule has 0 nitrogen and oxygen atoms in total. The van der Waals surface area contributed by atoms with E-state index in [9.17, 15) is 0 Å². The lowest BCUT2D eigenvalue weighted by molar-refractivity contribution is 0.520. The first-order valence-corrected chi connectivity index (χ1v) is 7.61. The second kappa shape index (κ2) is 8.63. The lowest BCUT2D eigenvalue weighted by Crippen LogP contribution is -2.26. The van der Waals surface area contributed by atoms with E-state index < -0.39 is 0 Å². The van der Waals surface area contributed by atoms with Gasteiger partial charge in [-0.1, -0.05) is 45.1 Å². The van der Waals surface area contributed by atoms with Crippen LogP contribution in [0.1, 0.15) is 53.9 Å². The van der Waals surface area contributed by atoms with Gasteiger partial charge >= 0.3 is 0 Å². The first-order chi connectivity index (χ1) is 8.46. The molecular weight excluding hydrogens is 236 g/mol. The molecule has 2 atom stereocenters. The van der Waals surface area contributed by atoms with E-state index in [2.05, 4.69) is 59.4 Å². The second-order valence-corrected chi connectivity index (χ2v) is 6.08. The maximum absolute atomic E-state index is 4.75. The Hall–Kier alpha value is -0.430. The Balaban J connectivity index is 5.02. The Bertz CT molecular complexity index is 293. The molecule has 2 unspecified atom stereocenters. The summed E-state index contributed by atoms with van der Waals surface area (Å²) in [5, 5.41) is 0. The lowest BCUT2D eigenvalue weighted by Gasteiger charge is -2.31. The molecule has 0 aliphatic heterocycles. The van der Waals surface area contributed by atoms with E-state index in [1.165, 1.54) is 18.4 Å². The number of hydrogen-bond donors (Lipinski definition) is 1. The van der Waals surface area contributed by atoms with Crippen LogP contribution in [0.4, 0.5) is 0 Å². The molecule has 0 aromatic rings. The third-order valence-corrected chi connectivity index (χ3v) is 4.37. The maximum Gasteiger partial charge on any atom is 0.0346 e. The fourth-order valence-corrected chi connectivity index (χ4v) is 2.68. The molecule has 0 aromatic heterocycles. The van der Waals surface area contributed by atoms with Gasteiger partial charge in [0.05, 0.1) is 0 Å². The highest BCUT2D eigenvalue weighted by atomic mass is 32.1. The zero-order chi connectivity index (χ0) is 14.2. The van der Waals surface area contributed by atoms with Crippen LogP contribution in [-0.4, -0.2) is 4.75 Å². The molecule has 0 aromatic carbocycles. The molecule has 0 rings (SSSR count). The summed E-state index contributed by atoms with van der Waals surface area (Å²) in [4.78, 5) is 0. The van der Waals surface area contributed by atoms with Crippen molar-refractivity contribution in [3.05, 3.63) is 36.5 Å². The molecule has 0 saturated carbocycles. The molecule has 0 bridgehead atoms. The smallest absolute Gasteiger partial charge is 0.0346 e. The van der Waals surface area contributed by atoms with Crippen molar-refractivity contribution in [3.63, 3.8) is 0 Å². The van der Waals surface area contributed by atoms with Gasteiger partial charge in [0.2, 0.25) is 0 Å². The van der Waals surface area contributed by atoms with Crippen LogP contribution in [0.25, 0.3) is 0 Å². The molecule has 0 saturated heterocycles. The predicted molar refractivity (Wildman–Crippen MR) is 88.3 cm³/mol. The Morgan fingerprint density at radius 3 is 2.11 bits per heavy atom. The van der Waals surface area contributed by atoms with Crippen molar-refractivity contribution in [1.82, 2.24) is 0 Å². The molecule has 0 aliphatic rings. The van der Waals surface area contributed by atoms with Gasteiger partial charge in [-0.15, -0.1) is 6.58 Å². The summed E-state index contributed by atoms with van der Waals surface area (Å²) < 4.78 is -0.144. The Morgan fingerprint density at radius 1 is 1.22 bits per heavy atom. The third-order valence-electron chi connectivity index (χ3n) is 3.87. The molecule has 18 heavy (non-hydrogen) atoms. The van der Waals surface area contributed by atoms with Crippen molar-refractivity contribution < 1.29 is 0 Å². The van der Waals surface area contributed by atoms with Gasteiger partial charge in [-0.3, -0.25) is 0 Å². The highest BCUT2D eigenvalue weighted by molar-refractivity contribution is 7.82. The Kier molecular flexibility index (Phi) is 8.43. The first-order valence-electron chi connectivity index (χ1n) is 7.17.